The molecule has 0 heterocycles. The summed E-state index contributed by atoms with van der Waals surface area (Å²) in [5, 5.41) is 11.4. The maximum absolute atomic E-state index is 11.4. The lowest BCUT2D eigenvalue weighted by molar-refractivity contribution is -0.146. The van der Waals surface area contributed by atoms with Gasteiger partial charge in [-0.15, -0.1) is 0 Å². The molecule has 0 fully saturated rings. The van der Waals surface area contributed by atoms with Gasteiger partial charge in [-0.05, 0) is 12.3 Å². The summed E-state index contributed by atoms with van der Waals surface area (Å²) in [6.07, 6.45) is -0.644. The Labute approximate surface area is 89.8 Å². The van der Waals surface area contributed by atoms with E-state index < -0.39 is 29.4 Å². The van der Waals surface area contributed by atoms with E-state index >= 15 is 0 Å². The van der Waals surface area contributed by atoms with Gasteiger partial charge in [0.1, 0.15) is 12.1 Å². The molecule has 1 amide bonds. The number of carboxylic acid groups (broad SMARTS) is 1. The van der Waals surface area contributed by atoms with E-state index in [0.717, 1.165) is 0 Å². The fraction of sp³-hybridized carbons (Fsp3) is 0.800. The summed E-state index contributed by atoms with van der Waals surface area (Å²) in [6.45, 7) is 6.83. The standard InChI is InChI=1S/C10H19NO4/c1-6(15-5)8(12)11-7(9(13)14)10(2,3)4/h6-7H,1-5H3,(H,11,12)(H,13,14). The summed E-state index contributed by atoms with van der Waals surface area (Å²) < 4.78 is 4.80. The first-order valence-corrected chi connectivity index (χ1v) is 4.76. The molecule has 5 heteroatoms. The van der Waals surface area contributed by atoms with Crippen LogP contribution in [-0.4, -0.2) is 36.2 Å². The van der Waals surface area contributed by atoms with Crippen LogP contribution in [-0.2, 0) is 14.3 Å². The van der Waals surface area contributed by atoms with Crippen LogP contribution < -0.4 is 5.32 Å². The van der Waals surface area contributed by atoms with E-state index in [9.17, 15) is 9.59 Å². The maximum Gasteiger partial charge on any atom is 0.326 e. The summed E-state index contributed by atoms with van der Waals surface area (Å²) in [5.74, 6) is -1.46. The Morgan fingerprint density at radius 3 is 2.07 bits per heavy atom. The number of amides is 1. The molecule has 15 heavy (non-hydrogen) atoms. The molecule has 2 N–H and O–H groups in total. The number of hydrogen-bond donors (Lipinski definition) is 2. The highest BCUT2D eigenvalue weighted by Gasteiger charge is 2.33. The smallest absolute Gasteiger partial charge is 0.326 e. The fourth-order valence-corrected chi connectivity index (χ4v) is 1.02. The first-order valence-electron chi connectivity index (χ1n) is 4.76. The fourth-order valence-electron chi connectivity index (χ4n) is 1.02. The van der Waals surface area contributed by atoms with Crippen molar-refractivity contribution in [2.75, 3.05) is 7.11 Å². The number of hydrogen-bond acceptors (Lipinski definition) is 3. The third-order valence-electron chi connectivity index (χ3n) is 2.12. The van der Waals surface area contributed by atoms with E-state index in [-0.39, 0.29) is 0 Å². The van der Waals surface area contributed by atoms with Crippen LogP contribution in [0, 0.1) is 5.41 Å². The molecule has 0 saturated heterocycles. The van der Waals surface area contributed by atoms with E-state index in [1.54, 1.807) is 27.7 Å². The van der Waals surface area contributed by atoms with E-state index in [1.807, 2.05) is 0 Å². The van der Waals surface area contributed by atoms with Crippen molar-refractivity contribution in [2.24, 2.45) is 5.41 Å². The molecule has 0 aliphatic rings. The Hall–Kier alpha value is -1.10. The van der Waals surface area contributed by atoms with Gasteiger partial charge in [0.05, 0.1) is 0 Å². The molecule has 0 aromatic rings. The number of carboxylic acids is 1. The van der Waals surface area contributed by atoms with Gasteiger partial charge >= 0.3 is 5.97 Å². The zero-order valence-corrected chi connectivity index (χ0v) is 9.83. The van der Waals surface area contributed by atoms with E-state index in [2.05, 4.69) is 5.32 Å². The Kier molecular flexibility index (Phi) is 4.74. The van der Waals surface area contributed by atoms with Gasteiger partial charge in [0.15, 0.2) is 0 Å². The SMILES string of the molecule is COC(C)C(=O)NC(C(=O)O)C(C)(C)C. The van der Waals surface area contributed by atoms with Crippen molar-refractivity contribution >= 4 is 11.9 Å². The summed E-state index contributed by atoms with van der Waals surface area (Å²) in [7, 11) is 1.40. The monoisotopic (exact) mass is 217 g/mol. The lowest BCUT2D eigenvalue weighted by Crippen LogP contribution is -2.51. The number of ether oxygens (including phenoxy) is 1. The van der Waals surface area contributed by atoms with Crippen molar-refractivity contribution in [1.82, 2.24) is 5.32 Å². The van der Waals surface area contributed by atoms with Gasteiger partial charge in [-0.3, -0.25) is 4.79 Å². The van der Waals surface area contributed by atoms with Crippen LogP contribution in [0.2, 0.25) is 0 Å². The second-order valence-corrected chi connectivity index (χ2v) is 4.52. The number of nitrogens with one attached hydrogen (secondary N) is 1. The van der Waals surface area contributed by atoms with Crippen LogP contribution in [0.5, 0.6) is 0 Å². The topological polar surface area (TPSA) is 75.6 Å². The number of aliphatic carboxylic acids is 1. The largest absolute Gasteiger partial charge is 0.480 e. The molecular weight excluding hydrogens is 198 g/mol. The zero-order valence-electron chi connectivity index (χ0n) is 9.83. The summed E-state index contributed by atoms with van der Waals surface area (Å²) in [6, 6.07) is -0.914. The average Bonchev–Trinajstić information content (AvgIpc) is 2.09. The molecule has 88 valence electrons. The van der Waals surface area contributed by atoms with Crippen LogP contribution in [0.25, 0.3) is 0 Å². The van der Waals surface area contributed by atoms with Crippen LogP contribution in [0.4, 0.5) is 0 Å². The first kappa shape index (κ1) is 13.9. The number of carbonyl (C=O) groups excluding carboxylic acids is 1. The molecule has 0 radical (unpaired) electrons. The van der Waals surface area contributed by atoms with E-state index in [1.165, 1.54) is 7.11 Å². The predicted octanol–water partition coefficient (Wildman–Crippen LogP) is 0.637. The second-order valence-electron chi connectivity index (χ2n) is 4.52. The van der Waals surface area contributed by atoms with Crippen molar-refractivity contribution in [3.05, 3.63) is 0 Å². The summed E-state index contributed by atoms with van der Waals surface area (Å²) in [4.78, 5) is 22.4. The molecule has 0 bridgehead atoms. The quantitative estimate of drug-likeness (QED) is 0.724. The number of rotatable bonds is 4. The van der Waals surface area contributed by atoms with Gasteiger partial charge < -0.3 is 15.2 Å². The van der Waals surface area contributed by atoms with Crippen molar-refractivity contribution in [3.63, 3.8) is 0 Å². The molecule has 0 spiro atoms. The van der Waals surface area contributed by atoms with Gasteiger partial charge in [-0.2, -0.15) is 0 Å². The average molecular weight is 217 g/mol. The van der Waals surface area contributed by atoms with E-state index in [4.69, 9.17) is 9.84 Å². The highest BCUT2D eigenvalue weighted by Crippen LogP contribution is 2.19. The lowest BCUT2D eigenvalue weighted by Gasteiger charge is -2.28. The second kappa shape index (κ2) is 5.11. The molecule has 0 aromatic carbocycles. The Balaban J connectivity index is 4.58. The minimum Gasteiger partial charge on any atom is -0.480 e. The highest BCUT2D eigenvalue weighted by molar-refractivity contribution is 5.86. The molecule has 2 atom stereocenters. The Morgan fingerprint density at radius 1 is 1.33 bits per heavy atom. The van der Waals surface area contributed by atoms with Crippen LogP contribution >= 0.6 is 0 Å². The molecule has 5 nitrogen and oxygen atoms in total. The molecule has 0 aliphatic heterocycles. The zero-order chi connectivity index (χ0) is 12.2. The number of methoxy groups -OCH3 is 1. The van der Waals surface area contributed by atoms with Crippen LogP contribution in [0.15, 0.2) is 0 Å². The van der Waals surface area contributed by atoms with Crippen molar-refractivity contribution < 1.29 is 19.4 Å². The summed E-state index contributed by atoms with van der Waals surface area (Å²) >= 11 is 0. The third-order valence-corrected chi connectivity index (χ3v) is 2.12. The minimum absolute atomic E-state index is 0.417. The van der Waals surface area contributed by atoms with Crippen LogP contribution in [0.1, 0.15) is 27.7 Å². The van der Waals surface area contributed by atoms with E-state index in [0.29, 0.717) is 0 Å². The van der Waals surface area contributed by atoms with Gasteiger partial charge in [0.2, 0.25) is 5.91 Å². The van der Waals surface area contributed by atoms with Gasteiger partial charge in [0.25, 0.3) is 0 Å². The predicted molar refractivity (Wildman–Crippen MR) is 55.5 cm³/mol. The molecule has 0 rings (SSSR count). The molecule has 0 saturated carbocycles. The maximum atomic E-state index is 11.4. The van der Waals surface area contributed by atoms with Gasteiger partial charge in [-0.1, -0.05) is 20.8 Å². The highest BCUT2D eigenvalue weighted by atomic mass is 16.5. The number of carbonyl (C=O) groups is 2. The molecule has 0 aromatic heterocycles. The Morgan fingerprint density at radius 2 is 1.80 bits per heavy atom. The first-order chi connectivity index (χ1) is 6.70. The van der Waals surface area contributed by atoms with Gasteiger partial charge in [-0.25, -0.2) is 4.79 Å². The summed E-state index contributed by atoms with van der Waals surface area (Å²) in [5.41, 5.74) is -0.533. The normalized spacial score (nSPS) is 15.5. The lowest BCUT2D eigenvalue weighted by atomic mass is 9.86. The van der Waals surface area contributed by atoms with Gasteiger partial charge in [0, 0.05) is 7.11 Å². The molecular formula is C10H19NO4. The van der Waals surface area contributed by atoms with Crippen molar-refractivity contribution in [1.29, 1.82) is 0 Å². The van der Waals surface area contributed by atoms with Crippen LogP contribution in [0.3, 0.4) is 0 Å². The molecule has 0 aliphatic carbocycles. The molecule has 2 unspecified atom stereocenters. The third kappa shape index (κ3) is 4.29. The van der Waals surface area contributed by atoms with Crippen molar-refractivity contribution in [2.45, 2.75) is 39.8 Å². The van der Waals surface area contributed by atoms with Crippen molar-refractivity contribution in [3.8, 4) is 0 Å². The minimum atomic E-state index is -1.04. The Bertz CT molecular complexity index is 244.